The highest BCUT2D eigenvalue weighted by Crippen LogP contribution is 2.34. The fraction of sp³-hybridized carbons (Fsp3) is 0.0476. The Morgan fingerprint density at radius 1 is 0.727 bits per heavy atom. The van der Waals surface area contributed by atoms with E-state index in [1.54, 1.807) is 6.08 Å². The SMILES string of the molecule is C=CC(O)c1ccc(-c2ccccc2)c(-c2ccccc2)c1. The summed E-state index contributed by atoms with van der Waals surface area (Å²) in [5.74, 6) is 0. The molecule has 3 aromatic carbocycles. The number of aliphatic hydroxyl groups is 1. The lowest BCUT2D eigenvalue weighted by atomic mass is 9.91. The van der Waals surface area contributed by atoms with Gasteiger partial charge in [0, 0.05) is 0 Å². The smallest absolute Gasteiger partial charge is 0.0969 e. The van der Waals surface area contributed by atoms with Crippen molar-refractivity contribution in [1.29, 1.82) is 0 Å². The first-order chi connectivity index (χ1) is 10.8. The van der Waals surface area contributed by atoms with Gasteiger partial charge < -0.3 is 5.11 Å². The van der Waals surface area contributed by atoms with Gasteiger partial charge in [-0.05, 0) is 33.9 Å². The first-order valence-corrected chi connectivity index (χ1v) is 7.35. The molecule has 1 atom stereocenters. The Balaban J connectivity index is 2.20. The minimum absolute atomic E-state index is 0.646. The lowest BCUT2D eigenvalue weighted by molar-refractivity contribution is 0.229. The Labute approximate surface area is 131 Å². The zero-order valence-corrected chi connectivity index (χ0v) is 12.3. The fourth-order valence-corrected chi connectivity index (χ4v) is 2.61. The number of aliphatic hydroxyl groups excluding tert-OH is 1. The molecule has 0 fully saturated rings. The number of rotatable bonds is 4. The zero-order chi connectivity index (χ0) is 15.4. The lowest BCUT2D eigenvalue weighted by Gasteiger charge is -2.14. The van der Waals surface area contributed by atoms with E-state index >= 15 is 0 Å². The monoisotopic (exact) mass is 286 g/mol. The average Bonchev–Trinajstić information content (AvgIpc) is 2.62. The molecule has 0 heterocycles. The maximum absolute atomic E-state index is 10.0. The Morgan fingerprint density at radius 3 is 1.82 bits per heavy atom. The molecule has 0 radical (unpaired) electrons. The number of hydrogen-bond acceptors (Lipinski definition) is 1. The van der Waals surface area contributed by atoms with Crippen LogP contribution in [0.5, 0.6) is 0 Å². The second-order valence-corrected chi connectivity index (χ2v) is 5.22. The summed E-state index contributed by atoms with van der Waals surface area (Å²) in [6, 6.07) is 26.6. The molecule has 0 aliphatic rings. The van der Waals surface area contributed by atoms with Crippen LogP contribution in [0.25, 0.3) is 22.3 Å². The highest BCUT2D eigenvalue weighted by atomic mass is 16.3. The molecule has 0 aliphatic carbocycles. The van der Waals surface area contributed by atoms with E-state index in [0.29, 0.717) is 0 Å². The van der Waals surface area contributed by atoms with Crippen molar-refractivity contribution in [2.75, 3.05) is 0 Å². The van der Waals surface area contributed by atoms with E-state index in [-0.39, 0.29) is 0 Å². The van der Waals surface area contributed by atoms with Crippen molar-refractivity contribution < 1.29 is 5.11 Å². The molecule has 0 aromatic heterocycles. The Hall–Kier alpha value is -2.64. The molecule has 22 heavy (non-hydrogen) atoms. The van der Waals surface area contributed by atoms with Crippen LogP contribution in [0.3, 0.4) is 0 Å². The quantitative estimate of drug-likeness (QED) is 0.650. The van der Waals surface area contributed by atoms with Gasteiger partial charge in [0.25, 0.3) is 0 Å². The lowest BCUT2D eigenvalue weighted by Crippen LogP contribution is -1.94. The second-order valence-electron chi connectivity index (χ2n) is 5.22. The normalized spacial score (nSPS) is 11.9. The molecule has 1 heteroatoms. The molecule has 0 spiro atoms. The average molecular weight is 286 g/mol. The molecule has 3 aromatic rings. The van der Waals surface area contributed by atoms with Gasteiger partial charge in [0.15, 0.2) is 0 Å². The summed E-state index contributed by atoms with van der Waals surface area (Å²) in [5, 5.41) is 10.0. The Bertz CT molecular complexity index is 760. The summed E-state index contributed by atoms with van der Waals surface area (Å²) in [5.41, 5.74) is 5.44. The maximum atomic E-state index is 10.0. The molecule has 0 saturated carbocycles. The van der Waals surface area contributed by atoms with Crippen molar-refractivity contribution in [2.24, 2.45) is 0 Å². The molecule has 1 nitrogen and oxygen atoms in total. The van der Waals surface area contributed by atoms with Crippen LogP contribution >= 0.6 is 0 Å². The third kappa shape index (κ3) is 2.85. The van der Waals surface area contributed by atoms with Crippen LogP contribution in [0.15, 0.2) is 91.5 Å². The zero-order valence-electron chi connectivity index (χ0n) is 12.3. The van der Waals surface area contributed by atoms with Gasteiger partial charge in [-0.25, -0.2) is 0 Å². The first kappa shape index (κ1) is 14.3. The summed E-state index contributed by atoms with van der Waals surface area (Å²) >= 11 is 0. The molecule has 0 saturated heterocycles. The van der Waals surface area contributed by atoms with E-state index in [4.69, 9.17) is 0 Å². The highest BCUT2D eigenvalue weighted by Gasteiger charge is 2.11. The number of benzene rings is 3. The highest BCUT2D eigenvalue weighted by molar-refractivity contribution is 5.84. The van der Waals surface area contributed by atoms with Gasteiger partial charge in [-0.15, -0.1) is 6.58 Å². The van der Waals surface area contributed by atoms with E-state index in [2.05, 4.69) is 36.9 Å². The molecule has 1 unspecified atom stereocenters. The van der Waals surface area contributed by atoms with Crippen LogP contribution in [0, 0.1) is 0 Å². The molecule has 0 amide bonds. The minimum Gasteiger partial charge on any atom is -0.384 e. The van der Waals surface area contributed by atoms with Crippen molar-refractivity contribution in [3.63, 3.8) is 0 Å². The van der Waals surface area contributed by atoms with Crippen molar-refractivity contribution in [1.82, 2.24) is 0 Å². The van der Waals surface area contributed by atoms with Gasteiger partial charge in [-0.2, -0.15) is 0 Å². The molecule has 1 N–H and O–H groups in total. The van der Waals surface area contributed by atoms with E-state index < -0.39 is 6.10 Å². The Morgan fingerprint density at radius 2 is 1.27 bits per heavy atom. The largest absolute Gasteiger partial charge is 0.384 e. The van der Waals surface area contributed by atoms with Crippen LogP contribution in [0.2, 0.25) is 0 Å². The van der Waals surface area contributed by atoms with Crippen LogP contribution < -0.4 is 0 Å². The fourth-order valence-electron chi connectivity index (χ4n) is 2.61. The number of hydrogen-bond donors (Lipinski definition) is 1. The topological polar surface area (TPSA) is 20.2 Å². The summed E-state index contributed by atoms with van der Waals surface area (Å²) in [6.45, 7) is 3.67. The minimum atomic E-state index is -0.646. The van der Waals surface area contributed by atoms with Crippen LogP contribution in [0.4, 0.5) is 0 Å². The molecule has 0 bridgehead atoms. The molecule has 3 rings (SSSR count). The van der Waals surface area contributed by atoms with E-state index in [9.17, 15) is 5.11 Å². The van der Waals surface area contributed by atoms with Gasteiger partial charge in [0.1, 0.15) is 0 Å². The van der Waals surface area contributed by atoms with E-state index in [1.165, 1.54) is 5.56 Å². The van der Waals surface area contributed by atoms with Crippen molar-refractivity contribution in [3.8, 4) is 22.3 Å². The van der Waals surface area contributed by atoms with Gasteiger partial charge >= 0.3 is 0 Å². The van der Waals surface area contributed by atoms with Crippen molar-refractivity contribution >= 4 is 0 Å². The van der Waals surface area contributed by atoms with Crippen LogP contribution in [-0.2, 0) is 0 Å². The van der Waals surface area contributed by atoms with E-state index in [0.717, 1.165) is 22.3 Å². The van der Waals surface area contributed by atoms with E-state index in [1.807, 2.05) is 48.5 Å². The predicted octanol–water partition coefficient (Wildman–Crippen LogP) is 5.24. The summed E-state index contributed by atoms with van der Waals surface area (Å²) in [6.07, 6.45) is 0.902. The summed E-state index contributed by atoms with van der Waals surface area (Å²) < 4.78 is 0. The van der Waals surface area contributed by atoms with Crippen LogP contribution in [-0.4, -0.2) is 5.11 Å². The molecule has 108 valence electrons. The standard InChI is InChI=1S/C21H18O/c1-2-21(22)18-13-14-19(16-9-5-3-6-10-16)20(15-18)17-11-7-4-8-12-17/h2-15,21-22H,1H2. The van der Waals surface area contributed by atoms with Crippen LogP contribution in [0.1, 0.15) is 11.7 Å². The second kappa shape index (κ2) is 6.42. The summed E-state index contributed by atoms with van der Waals surface area (Å²) in [4.78, 5) is 0. The molecular formula is C21H18O. The molecule has 0 aliphatic heterocycles. The maximum Gasteiger partial charge on any atom is 0.0969 e. The Kier molecular flexibility index (Phi) is 4.17. The first-order valence-electron chi connectivity index (χ1n) is 7.35. The van der Waals surface area contributed by atoms with Crippen molar-refractivity contribution in [2.45, 2.75) is 6.10 Å². The summed E-state index contributed by atoms with van der Waals surface area (Å²) in [7, 11) is 0. The van der Waals surface area contributed by atoms with Gasteiger partial charge in [-0.3, -0.25) is 0 Å². The van der Waals surface area contributed by atoms with Crippen molar-refractivity contribution in [3.05, 3.63) is 97.1 Å². The van der Waals surface area contributed by atoms with Gasteiger partial charge in [0.05, 0.1) is 6.10 Å². The third-order valence-corrected chi connectivity index (χ3v) is 3.78. The molecular weight excluding hydrogens is 268 g/mol. The van der Waals surface area contributed by atoms with Gasteiger partial charge in [0.2, 0.25) is 0 Å². The third-order valence-electron chi connectivity index (χ3n) is 3.78. The predicted molar refractivity (Wildman–Crippen MR) is 92.5 cm³/mol. The van der Waals surface area contributed by atoms with Gasteiger partial charge in [-0.1, -0.05) is 78.9 Å².